The first kappa shape index (κ1) is 63.8. The van der Waals surface area contributed by atoms with Crippen molar-refractivity contribution in [3.8, 4) is 0 Å². The highest BCUT2D eigenvalue weighted by molar-refractivity contribution is 6.39. The number of esters is 1. The maximum absolute atomic E-state index is 14.4. The molecule has 2 bridgehead atoms. The van der Waals surface area contributed by atoms with Crippen LogP contribution in [-0.2, 0) is 57.1 Å². The van der Waals surface area contributed by atoms with Crippen LogP contribution in [0.5, 0.6) is 0 Å². The first-order valence-corrected chi connectivity index (χ1v) is 27.0. The summed E-state index contributed by atoms with van der Waals surface area (Å²) in [5, 5.41) is 33.8. The predicted molar refractivity (Wildman–Crippen MR) is 278 cm³/mol. The van der Waals surface area contributed by atoms with Crippen LogP contribution in [0.4, 0.5) is 0 Å². The zero-order valence-corrected chi connectivity index (χ0v) is 46.4. The van der Waals surface area contributed by atoms with E-state index in [9.17, 15) is 39.3 Å². The number of allylic oxidation sites excluding steroid dienone is 6. The number of fused-ring (bicyclic) bond motifs is 3. The van der Waals surface area contributed by atoms with Gasteiger partial charge in [0.1, 0.15) is 30.1 Å². The number of cyclic esters (lactones) is 1. The van der Waals surface area contributed by atoms with E-state index >= 15 is 0 Å². The minimum atomic E-state index is -2.43. The van der Waals surface area contributed by atoms with Gasteiger partial charge >= 0.3 is 5.97 Å². The van der Waals surface area contributed by atoms with Crippen molar-refractivity contribution in [3.63, 3.8) is 0 Å². The van der Waals surface area contributed by atoms with Gasteiger partial charge in [0.05, 0.1) is 24.4 Å². The molecule has 4 aliphatic rings. The lowest BCUT2D eigenvalue weighted by Crippen LogP contribution is -2.61. The SMILES string of the molecule is CCOC(C)OCC.CO[C@H]1C[C@@H]2CC[C@@H](C)[C@@](O)(O2)C(=O)C(=O)N2CCCC[C@H]2C(=O)O[C@H]([C@H](C)C[C@@H]2CC[C@@H](O)[C@H](OC)C2)CC(=O)[C@H](C)/C=C(\C)[C@@H](O)[C@@H](OC)C(=O)[C@H](C)C[C@H](C)/C=C/C=CC=C1C. The third kappa shape index (κ3) is 19.0. The average Bonchev–Trinajstić information content (AvgIpc) is 3.36. The summed E-state index contributed by atoms with van der Waals surface area (Å²) in [5.74, 6) is -7.96. The smallest absolute Gasteiger partial charge is 0.329 e. The second-order valence-corrected chi connectivity index (χ2v) is 21.1. The molecule has 0 aromatic heterocycles. The largest absolute Gasteiger partial charge is 0.460 e. The van der Waals surface area contributed by atoms with Crippen molar-refractivity contribution in [1.29, 1.82) is 0 Å². The maximum Gasteiger partial charge on any atom is 0.329 e. The number of Topliss-reactive ketones (excluding diaryl/α,β-unsaturated/α-hetero) is 3. The van der Waals surface area contributed by atoms with Crippen molar-refractivity contribution in [2.24, 2.45) is 35.5 Å². The number of nitrogens with zero attached hydrogens (tertiary/aromatic N) is 1. The summed E-state index contributed by atoms with van der Waals surface area (Å²) >= 11 is 0. The third-order valence-electron chi connectivity index (χ3n) is 15.3. The number of hydrogen-bond donors (Lipinski definition) is 3. The molecule has 0 spiro atoms. The molecule has 2 saturated heterocycles. The van der Waals surface area contributed by atoms with Crippen LogP contribution in [0.1, 0.15) is 146 Å². The number of ketones is 3. The van der Waals surface area contributed by atoms with Gasteiger partial charge in [-0.15, -0.1) is 0 Å². The fourth-order valence-electron chi connectivity index (χ4n) is 10.6. The van der Waals surface area contributed by atoms with Gasteiger partial charge in [-0.3, -0.25) is 19.2 Å². The Balaban J connectivity index is 0.00000161. The fourth-order valence-corrected chi connectivity index (χ4v) is 10.6. The quantitative estimate of drug-likeness (QED) is 0.0832. The Morgan fingerprint density at radius 1 is 0.808 bits per heavy atom. The number of ether oxygens (including phenoxy) is 7. The zero-order valence-electron chi connectivity index (χ0n) is 46.4. The van der Waals surface area contributed by atoms with Crippen LogP contribution in [0.2, 0.25) is 0 Å². The second kappa shape index (κ2) is 31.6. The number of hydrogen-bond acceptors (Lipinski definition) is 15. The van der Waals surface area contributed by atoms with E-state index in [-0.39, 0.29) is 61.1 Å². The van der Waals surface area contributed by atoms with E-state index in [1.54, 1.807) is 41.1 Å². The molecule has 3 fully saturated rings. The molecule has 3 aliphatic heterocycles. The second-order valence-electron chi connectivity index (χ2n) is 21.1. The van der Waals surface area contributed by atoms with Crippen molar-refractivity contribution in [1.82, 2.24) is 4.90 Å². The molecule has 1 saturated carbocycles. The van der Waals surface area contributed by atoms with Crippen molar-refractivity contribution < 1.29 is 72.5 Å². The number of aliphatic hydroxyl groups is 3. The molecule has 416 valence electrons. The Kier molecular flexibility index (Phi) is 27.6. The summed E-state index contributed by atoms with van der Waals surface area (Å²) in [4.78, 5) is 71.8. The lowest BCUT2D eigenvalue weighted by atomic mass is 9.78. The summed E-state index contributed by atoms with van der Waals surface area (Å²) in [6.45, 7) is 20.0. The highest BCUT2D eigenvalue weighted by Gasteiger charge is 2.53. The van der Waals surface area contributed by atoms with Gasteiger partial charge in [0.2, 0.25) is 5.79 Å². The fraction of sp³-hybridized carbons (Fsp3) is 0.772. The molecule has 0 radical (unpaired) electrons. The number of carbonyl (C=O) groups excluding carboxylic acids is 5. The van der Waals surface area contributed by atoms with E-state index in [0.29, 0.717) is 63.4 Å². The maximum atomic E-state index is 14.4. The number of aliphatic hydroxyl groups excluding tert-OH is 2. The minimum absolute atomic E-state index is 0.0193. The van der Waals surface area contributed by atoms with Gasteiger partial charge in [0.15, 0.2) is 12.1 Å². The standard InChI is InChI=1S/C51H79NO13.C6H14O2/c1-30-16-12-11-13-17-31(2)42(61-8)28-38-21-19-36(7)51(60,65-38)48(57)49(58)52-23-15-14-18-39(52)50(59)64-43(33(4)26-37-20-22-40(53)44(27-37)62-9)29-41(54)32(3)25-35(6)46(56)47(63-10)45(55)34(5)24-30;1-4-7-6(3)8-5-2/h11-13,16-17,25,30,32-34,36-40,42-44,46-47,53,56,60H,14-15,18-24,26-29H2,1-10H3;6H,4-5H2,1-3H3/b13-11?,16-12+,31-17?,35-25+;/t30-,32-,33-,34-,36-,37+,38+,39+,40-,42+,43+,44-,46-,47+,51-;/m1./s1. The van der Waals surface area contributed by atoms with Crippen LogP contribution in [-0.4, -0.2) is 151 Å². The van der Waals surface area contributed by atoms with E-state index in [1.807, 2.05) is 78.8 Å². The van der Waals surface area contributed by atoms with E-state index in [0.717, 1.165) is 25.2 Å². The Hall–Kier alpha value is -3.45. The predicted octanol–water partition coefficient (Wildman–Crippen LogP) is 7.59. The van der Waals surface area contributed by atoms with Gasteiger partial charge in [0, 0.05) is 71.7 Å². The molecule has 15 atom stereocenters. The van der Waals surface area contributed by atoms with Crippen LogP contribution in [0.15, 0.2) is 47.6 Å². The monoisotopic (exact) mass is 1030 g/mol. The molecule has 0 aromatic rings. The van der Waals surface area contributed by atoms with Crippen LogP contribution in [0.3, 0.4) is 0 Å². The van der Waals surface area contributed by atoms with Crippen molar-refractivity contribution in [3.05, 3.63) is 47.6 Å². The van der Waals surface area contributed by atoms with Crippen LogP contribution in [0, 0.1) is 35.5 Å². The number of carbonyl (C=O) groups is 5. The highest BCUT2D eigenvalue weighted by Crippen LogP contribution is 2.38. The summed E-state index contributed by atoms with van der Waals surface area (Å²) < 4.78 is 39.5. The summed E-state index contributed by atoms with van der Waals surface area (Å²) in [6, 6.07) is -1.14. The minimum Gasteiger partial charge on any atom is -0.460 e. The average molecular weight is 1030 g/mol. The molecule has 0 aromatic carbocycles. The molecule has 3 heterocycles. The number of piperidine rings is 1. The lowest BCUT2D eigenvalue weighted by Gasteiger charge is -2.42. The molecule has 16 heteroatoms. The third-order valence-corrected chi connectivity index (χ3v) is 15.3. The molecule has 4 rings (SSSR count). The van der Waals surface area contributed by atoms with Gasteiger partial charge in [-0.25, -0.2) is 4.79 Å². The Bertz CT molecular complexity index is 1870. The first-order valence-electron chi connectivity index (χ1n) is 27.0. The van der Waals surface area contributed by atoms with Gasteiger partial charge in [0.25, 0.3) is 11.7 Å². The molecule has 73 heavy (non-hydrogen) atoms. The van der Waals surface area contributed by atoms with Gasteiger partial charge in [-0.2, -0.15) is 0 Å². The first-order chi connectivity index (χ1) is 34.6. The van der Waals surface area contributed by atoms with Crippen LogP contribution < -0.4 is 0 Å². The molecule has 16 nitrogen and oxygen atoms in total. The Morgan fingerprint density at radius 2 is 1.49 bits per heavy atom. The lowest BCUT2D eigenvalue weighted by molar-refractivity contribution is -0.265. The van der Waals surface area contributed by atoms with E-state index in [1.165, 1.54) is 12.0 Å². The van der Waals surface area contributed by atoms with Gasteiger partial charge in [-0.1, -0.05) is 71.1 Å². The van der Waals surface area contributed by atoms with Gasteiger partial charge < -0.3 is 53.4 Å². The molecule has 0 unspecified atom stereocenters. The Labute approximate surface area is 436 Å². The highest BCUT2D eigenvalue weighted by atomic mass is 16.7. The molecular weight excluding hydrogens is 939 g/mol. The molecule has 3 N–H and O–H groups in total. The van der Waals surface area contributed by atoms with E-state index in [2.05, 4.69) is 0 Å². The van der Waals surface area contributed by atoms with E-state index in [4.69, 9.17) is 33.2 Å². The number of methoxy groups -OCH3 is 3. The summed E-state index contributed by atoms with van der Waals surface area (Å²) in [5.41, 5.74) is 1.27. The number of amides is 1. The topological polar surface area (TPSA) is 214 Å². The molecule has 1 aliphatic carbocycles. The normalized spacial score (nSPS) is 36.0. The van der Waals surface area contributed by atoms with Gasteiger partial charge in [-0.05, 0) is 128 Å². The summed E-state index contributed by atoms with van der Waals surface area (Å²) in [6.07, 6.45) is 11.1. The van der Waals surface area contributed by atoms with E-state index < -0.39 is 83.9 Å². The van der Waals surface area contributed by atoms with Crippen molar-refractivity contribution >= 4 is 29.2 Å². The zero-order chi connectivity index (χ0) is 54.6. The van der Waals surface area contributed by atoms with Crippen LogP contribution >= 0.6 is 0 Å². The summed E-state index contributed by atoms with van der Waals surface area (Å²) in [7, 11) is 4.52. The molecular formula is C57H93NO15. The number of rotatable bonds is 10. The van der Waals surface area contributed by atoms with Crippen LogP contribution in [0.25, 0.3) is 0 Å². The van der Waals surface area contributed by atoms with Crippen molar-refractivity contribution in [2.75, 3.05) is 41.1 Å². The van der Waals surface area contributed by atoms with Crippen molar-refractivity contribution in [2.45, 2.75) is 207 Å². The Morgan fingerprint density at radius 3 is 2.12 bits per heavy atom. The molecule has 1 amide bonds.